The molecule has 0 nitrogen and oxygen atoms in total. The molecular weight excluding hydrogens is 1620 g/mol. The SMILES string of the molecule is F[B-](F)(F)F.F[B-](F)(F)F.F[B-](F)(F)F.F[B-](F)(F)F.c1ccc([PH+](c2ccccc2)c2ccc(C3CCCCC3)cc2)cc1.c1ccc([PH+](c2ccccc2)c2ccc(C3CCCCC3)cc2)cc1.c1ccc([PH+](c2ccccc2)c2ccc(C3CCCCC3)cc2)cc1.c1ccc([PH+](c2ccccc2)c2ccc(C3CCCCC3)cc2)cc1. The molecule has 4 aliphatic carbocycles. The number of benzene rings is 12. The van der Waals surface area contributed by atoms with E-state index in [0.29, 0.717) is 0 Å². The zero-order valence-corrected chi connectivity index (χ0v) is 71.1. The van der Waals surface area contributed by atoms with Gasteiger partial charge in [-0.05, 0) is 243 Å². The Morgan fingerprint density at radius 2 is 0.242 bits per heavy atom. The molecule has 0 aliphatic heterocycles. The van der Waals surface area contributed by atoms with Crippen molar-refractivity contribution in [2.75, 3.05) is 0 Å². The molecule has 0 atom stereocenters. The molecule has 632 valence electrons. The highest BCUT2D eigenvalue weighted by Gasteiger charge is 2.32. The Bertz CT molecular complexity index is 3930. The lowest BCUT2D eigenvalue weighted by atomic mass is 9.84. The van der Waals surface area contributed by atoms with Crippen molar-refractivity contribution in [2.45, 2.75) is 152 Å². The third-order valence-electron chi connectivity index (χ3n) is 21.6. The first-order chi connectivity index (χ1) is 57.7. The summed E-state index contributed by atoms with van der Waals surface area (Å²) >= 11 is 0. The largest absolute Gasteiger partial charge is 0.673 e. The van der Waals surface area contributed by atoms with E-state index < -0.39 is 60.7 Å². The van der Waals surface area contributed by atoms with E-state index in [-0.39, 0.29) is 0 Å². The van der Waals surface area contributed by atoms with Crippen LogP contribution in [0.4, 0.5) is 69.1 Å². The molecule has 120 heavy (non-hydrogen) atoms. The molecule has 16 rings (SSSR count). The summed E-state index contributed by atoms with van der Waals surface area (Å²) in [4.78, 5) is 0. The maximum Gasteiger partial charge on any atom is 0.673 e. The van der Waals surface area contributed by atoms with Crippen molar-refractivity contribution in [3.05, 3.63) is 362 Å². The van der Waals surface area contributed by atoms with E-state index in [1.807, 2.05) is 0 Å². The fourth-order valence-corrected chi connectivity index (χ4v) is 26.5. The maximum atomic E-state index is 9.75. The predicted octanol–water partition coefficient (Wildman–Crippen LogP) is 26.1. The van der Waals surface area contributed by atoms with E-state index in [9.17, 15) is 69.1 Å². The predicted molar refractivity (Wildman–Crippen MR) is 490 cm³/mol. The van der Waals surface area contributed by atoms with E-state index in [1.54, 1.807) is 22.3 Å². The molecule has 4 saturated carbocycles. The van der Waals surface area contributed by atoms with Crippen molar-refractivity contribution >= 4 is 124 Å². The van der Waals surface area contributed by atoms with Crippen LogP contribution in [0.25, 0.3) is 0 Å². The Morgan fingerprint density at radius 1 is 0.142 bits per heavy atom. The normalized spacial score (nSPS) is 14.8. The molecule has 4 aliphatic rings. The van der Waals surface area contributed by atoms with Gasteiger partial charge in [0.25, 0.3) is 0 Å². The smallest absolute Gasteiger partial charge is 0.418 e. The Labute approximate surface area is 703 Å². The van der Waals surface area contributed by atoms with Gasteiger partial charge in [-0.3, -0.25) is 0 Å². The second-order valence-electron chi connectivity index (χ2n) is 30.2. The minimum atomic E-state index is -6.00. The van der Waals surface area contributed by atoms with Crippen molar-refractivity contribution in [1.82, 2.24) is 0 Å². The molecule has 0 unspecified atom stereocenters. The molecule has 12 aromatic rings. The Kier molecular flexibility index (Phi) is 39.4. The molecule has 0 amide bonds. The zero-order valence-electron chi connectivity index (χ0n) is 67.1. The summed E-state index contributed by atoms with van der Waals surface area (Å²) in [5, 5.41) is 17.6. The van der Waals surface area contributed by atoms with Gasteiger partial charge < -0.3 is 69.1 Å². The fraction of sp³-hybridized carbons (Fsp3) is 0.250. The van der Waals surface area contributed by atoms with Gasteiger partial charge in [0.05, 0.1) is 31.7 Å². The minimum Gasteiger partial charge on any atom is -0.418 e. The van der Waals surface area contributed by atoms with E-state index in [2.05, 4.69) is 340 Å². The monoisotopic (exact) mass is 1730 g/mol. The summed E-state index contributed by atoms with van der Waals surface area (Å²) in [6, 6.07) is 127. The summed E-state index contributed by atoms with van der Waals surface area (Å²) in [6.07, 6.45) is 27.8. The molecule has 0 radical (unpaired) electrons. The number of hydrogen-bond donors (Lipinski definition) is 0. The molecule has 4 fully saturated rings. The Balaban J connectivity index is 0.000000169. The molecular formula is C96H104B4F16P4. The molecule has 0 bridgehead atoms. The molecule has 0 heterocycles. The second-order valence-corrected chi connectivity index (χ2v) is 40.2. The lowest BCUT2D eigenvalue weighted by molar-refractivity contribution is 0.366. The number of hydrogen-bond acceptors (Lipinski definition) is 0. The van der Waals surface area contributed by atoms with Crippen LogP contribution in [0, 0.1) is 0 Å². The molecule has 12 aromatic carbocycles. The van der Waals surface area contributed by atoms with Crippen LogP contribution >= 0.6 is 31.7 Å². The lowest BCUT2D eigenvalue weighted by Gasteiger charge is -2.22. The third-order valence-corrected chi connectivity index (χ3v) is 32.5. The van der Waals surface area contributed by atoms with E-state index in [4.69, 9.17) is 0 Å². The van der Waals surface area contributed by atoms with Gasteiger partial charge >= 0.3 is 29.0 Å². The lowest BCUT2D eigenvalue weighted by Crippen LogP contribution is -2.20. The van der Waals surface area contributed by atoms with Crippen LogP contribution in [0.5, 0.6) is 0 Å². The summed E-state index contributed by atoms with van der Waals surface area (Å²) in [5.74, 6) is 3.14. The average Bonchev–Trinajstić information content (AvgIpc) is 0.823. The van der Waals surface area contributed by atoms with Gasteiger partial charge in [-0.25, -0.2) is 0 Å². The molecule has 0 aromatic heterocycles. The molecule has 0 saturated heterocycles. The first kappa shape index (κ1) is 95.3. The maximum absolute atomic E-state index is 9.75. The van der Waals surface area contributed by atoms with E-state index >= 15 is 0 Å². The zero-order chi connectivity index (χ0) is 85.6. The first-order valence-electron chi connectivity index (χ1n) is 41.5. The number of halogens is 16. The molecule has 0 N–H and O–H groups in total. The number of rotatable bonds is 16. The minimum absolute atomic E-state index is 0.784. The fourth-order valence-electron chi connectivity index (χ4n) is 16.3. The Morgan fingerprint density at radius 3 is 0.350 bits per heavy atom. The highest BCUT2D eigenvalue weighted by molar-refractivity contribution is 7.81. The highest BCUT2D eigenvalue weighted by Crippen LogP contribution is 2.41. The summed E-state index contributed by atoms with van der Waals surface area (Å²) < 4.78 is 156. The first-order valence-corrected chi connectivity index (χ1v) is 47.5. The van der Waals surface area contributed by atoms with Crippen molar-refractivity contribution in [3.8, 4) is 0 Å². The van der Waals surface area contributed by atoms with Crippen LogP contribution in [0.2, 0.25) is 0 Å². The van der Waals surface area contributed by atoms with Crippen LogP contribution in [-0.2, 0) is 0 Å². The van der Waals surface area contributed by atoms with Crippen LogP contribution in [0.1, 0.15) is 174 Å². The van der Waals surface area contributed by atoms with Crippen molar-refractivity contribution in [1.29, 1.82) is 0 Å². The molecule has 24 heteroatoms. The second kappa shape index (κ2) is 49.6. The summed E-state index contributed by atoms with van der Waals surface area (Å²) in [7, 11) is -27.7. The Hall–Kier alpha value is -8.50. The highest BCUT2D eigenvalue weighted by atomic mass is 31.1. The van der Waals surface area contributed by atoms with Gasteiger partial charge in [0.1, 0.15) is 63.7 Å². The van der Waals surface area contributed by atoms with Crippen LogP contribution in [0.3, 0.4) is 0 Å². The van der Waals surface area contributed by atoms with Crippen LogP contribution in [-0.4, -0.2) is 29.0 Å². The standard InChI is InChI=1S/4C24H25P.4BF4/c4*1-4-10-20(11-5-1)21-16-18-24(19-17-21)25(22-12-6-2-7-13-22)23-14-8-3-9-15-23;4*2-1(3,4)5/h4*2-3,6-9,12-20H,1,4-5,10-11H2;;;;/q;;;;4*-1/p+4. The van der Waals surface area contributed by atoms with Gasteiger partial charge in [-0.2, -0.15) is 0 Å². The average molecular weight is 1730 g/mol. The topological polar surface area (TPSA) is 0 Å². The van der Waals surface area contributed by atoms with Gasteiger partial charge in [0.2, 0.25) is 0 Å². The summed E-state index contributed by atoms with van der Waals surface area (Å²) in [5.41, 5.74) is 6.19. The van der Waals surface area contributed by atoms with Crippen LogP contribution < -0.4 is 63.7 Å². The van der Waals surface area contributed by atoms with Gasteiger partial charge in [0.15, 0.2) is 0 Å². The quantitative estimate of drug-likeness (QED) is 0.0514. The van der Waals surface area contributed by atoms with Gasteiger partial charge in [-0.1, -0.05) is 271 Å². The van der Waals surface area contributed by atoms with Crippen molar-refractivity contribution < 1.29 is 69.1 Å². The summed E-state index contributed by atoms with van der Waals surface area (Å²) in [6.45, 7) is 0. The molecule has 0 spiro atoms. The van der Waals surface area contributed by atoms with E-state index in [0.717, 1.165) is 23.7 Å². The van der Waals surface area contributed by atoms with Gasteiger partial charge in [0, 0.05) is 0 Å². The van der Waals surface area contributed by atoms with Gasteiger partial charge in [-0.15, -0.1) is 0 Å². The van der Waals surface area contributed by atoms with Crippen LogP contribution in [0.15, 0.2) is 340 Å². The van der Waals surface area contributed by atoms with E-state index in [1.165, 1.54) is 192 Å². The van der Waals surface area contributed by atoms with Crippen molar-refractivity contribution in [2.24, 2.45) is 0 Å². The third kappa shape index (κ3) is 35.2. The van der Waals surface area contributed by atoms with Crippen molar-refractivity contribution in [3.63, 3.8) is 0 Å².